The molecule has 0 atom stereocenters. The highest BCUT2D eigenvalue weighted by Gasteiger charge is 2.06. The van der Waals surface area contributed by atoms with Crippen molar-refractivity contribution in [1.82, 2.24) is 0 Å². The van der Waals surface area contributed by atoms with Gasteiger partial charge in [0.15, 0.2) is 0 Å². The van der Waals surface area contributed by atoms with Crippen LogP contribution in [0.1, 0.15) is 11.1 Å². The Morgan fingerprint density at radius 1 is 1.29 bits per heavy atom. The monoisotopic (exact) mass is 367 g/mol. The van der Waals surface area contributed by atoms with E-state index in [1.54, 1.807) is 12.1 Å². The van der Waals surface area contributed by atoms with E-state index in [4.69, 9.17) is 0 Å². The Balaban J connectivity index is 1.81. The number of thioether (sulfide) groups is 1. The molecular formula is C16H15BrFNOS. The molecule has 1 amide bonds. The van der Waals surface area contributed by atoms with Gasteiger partial charge in [-0.2, -0.15) is 0 Å². The van der Waals surface area contributed by atoms with Gasteiger partial charge in [-0.15, -0.1) is 11.8 Å². The first kappa shape index (κ1) is 16.0. The maximum atomic E-state index is 13.6. The van der Waals surface area contributed by atoms with E-state index in [9.17, 15) is 9.18 Å². The molecule has 0 saturated carbocycles. The van der Waals surface area contributed by atoms with Gasteiger partial charge < -0.3 is 5.32 Å². The van der Waals surface area contributed by atoms with Gasteiger partial charge in [-0.3, -0.25) is 4.79 Å². The molecule has 0 aromatic heterocycles. The fourth-order valence-corrected chi connectivity index (χ4v) is 2.96. The quantitative estimate of drug-likeness (QED) is 0.824. The Hall–Kier alpha value is -1.33. The predicted molar refractivity (Wildman–Crippen MR) is 90.1 cm³/mol. The molecule has 110 valence electrons. The smallest absolute Gasteiger partial charge is 0.234 e. The molecule has 0 aliphatic heterocycles. The van der Waals surface area contributed by atoms with Crippen LogP contribution in [0.2, 0.25) is 0 Å². The van der Waals surface area contributed by atoms with Gasteiger partial charge in [0.25, 0.3) is 0 Å². The molecule has 2 aromatic carbocycles. The van der Waals surface area contributed by atoms with Crippen LogP contribution in [0, 0.1) is 12.7 Å². The van der Waals surface area contributed by atoms with Gasteiger partial charge in [-0.1, -0.05) is 34.1 Å². The zero-order valence-corrected chi connectivity index (χ0v) is 13.9. The number of anilines is 1. The van der Waals surface area contributed by atoms with E-state index in [1.165, 1.54) is 17.8 Å². The van der Waals surface area contributed by atoms with Crippen molar-refractivity contribution in [3.8, 4) is 0 Å². The number of halogens is 2. The summed E-state index contributed by atoms with van der Waals surface area (Å²) in [6.45, 7) is 1.97. The van der Waals surface area contributed by atoms with Gasteiger partial charge in [0.1, 0.15) is 5.82 Å². The minimum Gasteiger partial charge on any atom is -0.325 e. The van der Waals surface area contributed by atoms with Gasteiger partial charge >= 0.3 is 0 Å². The Morgan fingerprint density at radius 2 is 2.10 bits per heavy atom. The third-order valence-corrected chi connectivity index (χ3v) is 4.28. The third kappa shape index (κ3) is 5.17. The number of amides is 1. The molecule has 0 fully saturated rings. The minimum atomic E-state index is -0.254. The topological polar surface area (TPSA) is 29.1 Å². The average Bonchev–Trinajstić information content (AvgIpc) is 2.41. The van der Waals surface area contributed by atoms with E-state index >= 15 is 0 Å². The van der Waals surface area contributed by atoms with E-state index in [1.807, 2.05) is 31.2 Å². The maximum absolute atomic E-state index is 13.6. The molecule has 2 aromatic rings. The highest BCUT2D eigenvalue weighted by Crippen LogP contribution is 2.20. The van der Waals surface area contributed by atoms with Crippen molar-refractivity contribution in [2.75, 3.05) is 11.1 Å². The van der Waals surface area contributed by atoms with Crippen LogP contribution >= 0.6 is 27.7 Å². The van der Waals surface area contributed by atoms with Crippen LogP contribution in [0.3, 0.4) is 0 Å². The van der Waals surface area contributed by atoms with E-state index in [0.717, 1.165) is 11.3 Å². The minimum absolute atomic E-state index is 0.0804. The summed E-state index contributed by atoms with van der Waals surface area (Å²) in [5, 5.41) is 2.83. The zero-order chi connectivity index (χ0) is 15.2. The molecule has 0 spiro atoms. The first-order chi connectivity index (χ1) is 10.0. The standard InChI is InChI=1S/C16H15BrFNOS/c1-11-3-2-4-14(7-11)19-16(20)10-21-9-12-5-6-13(17)8-15(12)18/h2-8H,9-10H2,1H3,(H,19,20). The summed E-state index contributed by atoms with van der Waals surface area (Å²) in [7, 11) is 0. The normalized spacial score (nSPS) is 10.4. The van der Waals surface area contributed by atoms with Crippen molar-refractivity contribution in [1.29, 1.82) is 0 Å². The number of aryl methyl sites for hydroxylation is 1. The second-order valence-corrected chi connectivity index (χ2v) is 6.55. The number of hydrogen-bond donors (Lipinski definition) is 1. The number of carbonyl (C=O) groups is 1. The summed E-state index contributed by atoms with van der Waals surface area (Å²) in [5.74, 6) is 0.433. The van der Waals surface area contributed by atoms with Crippen molar-refractivity contribution in [2.24, 2.45) is 0 Å². The van der Waals surface area contributed by atoms with Crippen molar-refractivity contribution in [3.05, 3.63) is 63.9 Å². The van der Waals surface area contributed by atoms with Crippen molar-refractivity contribution >= 4 is 39.3 Å². The molecule has 5 heteroatoms. The van der Waals surface area contributed by atoms with Crippen LogP contribution < -0.4 is 5.32 Å². The highest BCUT2D eigenvalue weighted by molar-refractivity contribution is 9.10. The molecule has 2 nitrogen and oxygen atoms in total. The fraction of sp³-hybridized carbons (Fsp3) is 0.188. The first-order valence-corrected chi connectivity index (χ1v) is 8.37. The number of rotatable bonds is 5. The average molecular weight is 368 g/mol. The van der Waals surface area contributed by atoms with Gasteiger partial charge in [0.05, 0.1) is 5.75 Å². The molecule has 0 unspecified atom stereocenters. The molecule has 0 aliphatic rings. The lowest BCUT2D eigenvalue weighted by atomic mass is 10.2. The van der Waals surface area contributed by atoms with Crippen molar-refractivity contribution in [2.45, 2.75) is 12.7 Å². The van der Waals surface area contributed by atoms with Gasteiger partial charge in [-0.05, 0) is 42.3 Å². The Kier molecular flexibility index (Phi) is 5.82. The van der Waals surface area contributed by atoms with Crippen LogP contribution in [0.25, 0.3) is 0 Å². The van der Waals surface area contributed by atoms with Gasteiger partial charge in [-0.25, -0.2) is 4.39 Å². The summed E-state index contributed by atoms with van der Waals surface area (Å²) in [6.07, 6.45) is 0. The summed E-state index contributed by atoms with van der Waals surface area (Å²) in [4.78, 5) is 11.8. The Morgan fingerprint density at radius 3 is 2.81 bits per heavy atom. The number of hydrogen-bond acceptors (Lipinski definition) is 2. The lowest BCUT2D eigenvalue weighted by Crippen LogP contribution is -2.14. The van der Waals surface area contributed by atoms with Crippen LogP contribution in [0.5, 0.6) is 0 Å². The van der Waals surface area contributed by atoms with Gasteiger partial charge in [0.2, 0.25) is 5.91 Å². The molecule has 21 heavy (non-hydrogen) atoms. The molecule has 0 bridgehead atoms. The fourth-order valence-electron chi connectivity index (χ4n) is 1.81. The Bertz CT molecular complexity index is 648. The molecular weight excluding hydrogens is 353 g/mol. The molecule has 0 saturated heterocycles. The Labute approximate surface area is 136 Å². The molecule has 2 rings (SSSR count). The van der Waals surface area contributed by atoms with E-state index in [0.29, 0.717) is 21.5 Å². The molecule has 0 radical (unpaired) electrons. The second-order valence-electron chi connectivity index (χ2n) is 4.65. The van der Waals surface area contributed by atoms with Crippen molar-refractivity contribution < 1.29 is 9.18 Å². The second kappa shape index (κ2) is 7.61. The van der Waals surface area contributed by atoms with E-state index in [-0.39, 0.29) is 11.7 Å². The largest absolute Gasteiger partial charge is 0.325 e. The first-order valence-electron chi connectivity index (χ1n) is 6.43. The lowest BCUT2D eigenvalue weighted by Gasteiger charge is -2.06. The third-order valence-electron chi connectivity index (χ3n) is 2.81. The van der Waals surface area contributed by atoms with Gasteiger partial charge in [0, 0.05) is 15.9 Å². The summed E-state index contributed by atoms with van der Waals surface area (Å²) in [5.41, 5.74) is 2.49. The van der Waals surface area contributed by atoms with Crippen LogP contribution in [0.15, 0.2) is 46.9 Å². The number of carbonyl (C=O) groups excluding carboxylic acids is 1. The molecule has 0 aliphatic carbocycles. The van der Waals surface area contributed by atoms with E-state index < -0.39 is 0 Å². The molecule has 1 N–H and O–H groups in total. The highest BCUT2D eigenvalue weighted by atomic mass is 79.9. The predicted octanol–water partition coefficient (Wildman–Crippen LogP) is 4.77. The van der Waals surface area contributed by atoms with Crippen LogP contribution in [-0.2, 0) is 10.5 Å². The zero-order valence-electron chi connectivity index (χ0n) is 11.5. The number of nitrogens with one attached hydrogen (secondary N) is 1. The SMILES string of the molecule is Cc1cccc(NC(=O)CSCc2ccc(Br)cc2F)c1. The van der Waals surface area contributed by atoms with E-state index in [2.05, 4.69) is 21.2 Å². The maximum Gasteiger partial charge on any atom is 0.234 e. The molecule has 0 heterocycles. The van der Waals surface area contributed by atoms with Crippen molar-refractivity contribution in [3.63, 3.8) is 0 Å². The van der Waals surface area contributed by atoms with Crippen LogP contribution in [0.4, 0.5) is 10.1 Å². The number of benzene rings is 2. The lowest BCUT2D eigenvalue weighted by molar-refractivity contribution is -0.113. The summed E-state index contributed by atoms with van der Waals surface area (Å²) < 4.78 is 14.3. The summed E-state index contributed by atoms with van der Waals surface area (Å²) >= 11 is 4.61. The van der Waals surface area contributed by atoms with Crippen LogP contribution in [-0.4, -0.2) is 11.7 Å². The summed E-state index contributed by atoms with van der Waals surface area (Å²) in [6, 6.07) is 12.6.